The minimum atomic E-state index is -4.45. The third-order valence-electron chi connectivity index (χ3n) is 6.46. The Morgan fingerprint density at radius 2 is 1.59 bits per heavy atom. The SMILES string of the molecule is CN(C)CCN1CCN(C(=O)c2cc(-c3ccc(C(F)(F)F)cc3)[nH]c2-c2ccc([N+](=O)[O-])cc2)CC1. The highest BCUT2D eigenvalue weighted by Crippen LogP contribution is 2.34. The van der Waals surface area contributed by atoms with Crippen molar-refractivity contribution < 1.29 is 22.9 Å². The number of piperazine rings is 1. The van der Waals surface area contributed by atoms with Crippen molar-refractivity contribution >= 4 is 11.6 Å². The van der Waals surface area contributed by atoms with Crippen LogP contribution in [-0.2, 0) is 6.18 Å². The second-order valence-electron chi connectivity index (χ2n) is 9.29. The Kier molecular flexibility index (Phi) is 7.65. The van der Waals surface area contributed by atoms with Gasteiger partial charge in [0.05, 0.1) is 21.7 Å². The maximum absolute atomic E-state index is 13.6. The monoisotopic (exact) mass is 515 g/mol. The molecule has 0 saturated carbocycles. The summed E-state index contributed by atoms with van der Waals surface area (Å²) >= 11 is 0. The fourth-order valence-corrected chi connectivity index (χ4v) is 4.28. The number of amides is 1. The molecule has 1 aromatic heterocycles. The first-order chi connectivity index (χ1) is 17.5. The molecule has 0 aliphatic carbocycles. The standard InChI is InChI=1S/C26H28F3N5O3/c1-31(2)11-12-32-13-15-33(16-14-32)25(35)22-17-23(18-3-7-20(8-4-18)26(27,28)29)30-24(22)19-5-9-21(10-6-19)34(36)37/h3-10,17,30H,11-16H2,1-2H3. The number of nitro benzene ring substituents is 1. The van der Waals surface area contributed by atoms with Crippen LogP contribution < -0.4 is 0 Å². The van der Waals surface area contributed by atoms with Gasteiger partial charge in [0.15, 0.2) is 0 Å². The molecule has 4 rings (SSSR count). The van der Waals surface area contributed by atoms with Crippen LogP contribution in [0.5, 0.6) is 0 Å². The molecule has 0 spiro atoms. The van der Waals surface area contributed by atoms with E-state index in [2.05, 4.69) is 14.8 Å². The number of likely N-dealkylation sites (N-methyl/N-ethyl adjacent to an activating group) is 1. The molecule has 2 heterocycles. The highest BCUT2D eigenvalue weighted by Gasteiger charge is 2.30. The predicted molar refractivity (Wildman–Crippen MR) is 134 cm³/mol. The van der Waals surface area contributed by atoms with E-state index in [0.29, 0.717) is 41.2 Å². The molecule has 37 heavy (non-hydrogen) atoms. The Balaban J connectivity index is 1.63. The number of non-ortho nitro benzene ring substituents is 1. The lowest BCUT2D eigenvalue weighted by Gasteiger charge is -2.35. The lowest BCUT2D eigenvalue weighted by atomic mass is 10.1. The summed E-state index contributed by atoms with van der Waals surface area (Å²) in [6, 6.07) is 12.1. The third-order valence-corrected chi connectivity index (χ3v) is 6.46. The van der Waals surface area contributed by atoms with Gasteiger partial charge in [0.2, 0.25) is 0 Å². The minimum absolute atomic E-state index is 0.0833. The Morgan fingerprint density at radius 3 is 2.14 bits per heavy atom. The number of nitrogens with one attached hydrogen (secondary N) is 1. The molecule has 196 valence electrons. The second kappa shape index (κ2) is 10.7. The van der Waals surface area contributed by atoms with E-state index < -0.39 is 16.7 Å². The molecule has 1 fully saturated rings. The van der Waals surface area contributed by atoms with Crippen LogP contribution in [0.15, 0.2) is 54.6 Å². The van der Waals surface area contributed by atoms with Gasteiger partial charge in [-0.3, -0.25) is 19.8 Å². The van der Waals surface area contributed by atoms with E-state index in [4.69, 9.17) is 0 Å². The van der Waals surface area contributed by atoms with Gasteiger partial charge < -0.3 is 14.8 Å². The van der Waals surface area contributed by atoms with Crippen molar-refractivity contribution in [2.75, 3.05) is 53.4 Å². The fourth-order valence-electron chi connectivity index (χ4n) is 4.28. The molecule has 1 amide bonds. The average molecular weight is 516 g/mol. The first-order valence-corrected chi connectivity index (χ1v) is 11.8. The van der Waals surface area contributed by atoms with Crippen molar-refractivity contribution in [2.24, 2.45) is 0 Å². The van der Waals surface area contributed by atoms with E-state index >= 15 is 0 Å². The molecule has 1 aliphatic heterocycles. The molecule has 1 aliphatic rings. The summed E-state index contributed by atoms with van der Waals surface area (Å²) in [5, 5.41) is 11.1. The lowest BCUT2D eigenvalue weighted by Crippen LogP contribution is -2.50. The summed E-state index contributed by atoms with van der Waals surface area (Å²) in [6.45, 7) is 4.41. The van der Waals surface area contributed by atoms with Crippen molar-refractivity contribution in [3.8, 4) is 22.5 Å². The third kappa shape index (κ3) is 6.17. The Bertz CT molecular complexity index is 1250. The molecule has 1 N–H and O–H groups in total. The van der Waals surface area contributed by atoms with E-state index in [1.165, 1.54) is 24.3 Å². The van der Waals surface area contributed by atoms with Crippen LogP contribution in [0.4, 0.5) is 18.9 Å². The van der Waals surface area contributed by atoms with Gasteiger partial charge in [-0.25, -0.2) is 0 Å². The zero-order chi connectivity index (χ0) is 26.7. The number of carbonyl (C=O) groups excluding carboxylic acids is 1. The maximum atomic E-state index is 13.6. The highest BCUT2D eigenvalue weighted by molar-refractivity contribution is 6.02. The smallest absolute Gasteiger partial charge is 0.354 e. The number of carbonyl (C=O) groups is 1. The Hall–Kier alpha value is -3.70. The van der Waals surface area contributed by atoms with E-state index in [1.807, 2.05) is 14.1 Å². The Morgan fingerprint density at radius 1 is 1.00 bits per heavy atom. The number of aromatic nitrogens is 1. The molecule has 0 radical (unpaired) electrons. The van der Waals surface area contributed by atoms with Gasteiger partial charge in [0, 0.05) is 57.1 Å². The van der Waals surface area contributed by atoms with Gasteiger partial charge in [-0.05, 0) is 55.6 Å². The van der Waals surface area contributed by atoms with Gasteiger partial charge >= 0.3 is 6.18 Å². The number of rotatable bonds is 7. The average Bonchev–Trinajstić information content (AvgIpc) is 3.32. The van der Waals surface area contributed by atoms with Crippen LogP contribution in [0.2, 0.25) is 0 Å². The molecule has 2 aromatic carbocycles. The summed E-state index contributed by atoms with van der Waals surface area (Å²) < 4.78 is 39.0. The zero-order valence-electron chi connectivity index (χ0n) is 20.6. The van der Waals surface area contributed by atoms with Crippen molar-refractivity contribution in [2.45, 2.75) is 6.18 Å². The summed E-state index contributed by atoms with van der Waals surface area (Å²) in [5.74, 6) is -0.199. The number of nitro groups is 1. The van der Waals surface area contributed by atoms with Gasteiger partial charge in [0.25, 0.3) is 11.6 Å². The molecule has 1 saturated heterocycles. The van der Waals surface area contributed by atoms with Crippen LogP contribution in [0.3, 0.4) is 0 Å². The number of halogens is 3. The van der Waals surface area contributed by atoms with E-state index in [0.717, 1.165) is 38.3 Å². The number of nitrogens with zero attached hydrogens (tertiary/aromatic N) is 4. The zero-order valence-corrected chi connectivity index (χ0v) is 20.6. The first-order valence-electron chi connectivity index (χ1n) is 11.8. The normalized spacial score (nSPS) is 14.8. The van der Waals surface area contributed by atoms with Crippen molar-refractivity contribution in [1.82, 2.24) is 19.7 Å². The predicted octanol–water partition coefficient (Wildman–Crippen LogP) is 4.60. The number of benzene rings is 2. The van der Waals surface area contributed by atoms with E-state index in [1.54, 1.807) is 23.1 Å². The maximum Gasteiger partial charge on any atom is 0.416 e. The molecule has 3 aromatic rings. The number of alkyl halides is 3. The Labute approximate surface area is 212 Å². The van der Waals surface area contributed by atoms with Crippen LogP contribution in [0.1, 0.15) is 15.9 Å². The van der Waals surface area contributed by atoms with Crippen molar-refractivity contribution in [1.29, 1.82) is 0 Å². The number of H-pyrrole nitrogens is 1. The van der Waals surface area contributed by atoms with E-state index in [9.17, 15) is 28.1 Å². The van der Waals surface area contributed by atoms with Crippen LogP contribution >= 0.6 is 0 Å². The number of hydrogen-bond donors (Lipinski definition) is 1. The summed E-state index contributed by atoms with van der Waals surface area (Å²) in [5.41, 5.74) is 1.52. The highest BCUT2D eigenvalue weighted by atomic mass is 19.4. The molecule has 0 bridgehead atoms. The molecule has 11 heteroatoms. The van der Waals surface area contributed by atoms with Crippen LogP contribution in [0, 0.1) is 10.1 Å². The largest absolute Gasteiger partial charge is 0.416 e. The van der Waals surface area contributed by atoms with Crippen molar-refractivity contribution in [3.63, 3.8) is 0 Å². The number of hydrogen-bond acceptors (Lipinski definition) is 5. The molecular formula is C26H28F3N5O3. The quantitative estimate of drug-likeness (QED) is 0.367. The molecule has 0 atom stereocenters. The molecular weight excluding hydrogens is 487 g/mol. The summed E-state index contributed by atoms with van der Waals surface area (Å²) in [4.78, 5) is 33.5. The van der Waals surface area contributed by atoms with Crippen molar-refractivity contribution in [3.05, 3.63) is 75.8 Å². The topological polar surface area (TPSA) is 85.7 Å². The fraction of sp³-hybridized carbons (Fsp3) is 0.346. The minimum Gasteiger partial charge on any atom is -0.354 e. The first kappa shape index (κ1) is 26.4. The lowest BCUT2D eigenvalue weighted by molar-refractivity contribution is -0.384. The van der Waals surface area contributed by atoms with E-state index in [-0.39, 0.29) is 11.6 Å². The second-order valence-corrected chi connectivity index (χ2v) is 9.29. The van der Waals surface area contributed by atoms with Crippen LogP contribution in [0.25, 0.3) is 22.5 Å². The summed E-state index contributed by atoms with van der Waals surface area (Å²) in [7, 11) is 4.03. The summed E-state index contributed by atoms with van der Waals surface area (Å²) in [6.07, 6.45) is -4.45. The van der Waals surface area contributed by atoms with Gasteiger partial charge in [-0.15, -0.1) is 0 Å². The van der Waals surface area contributed by atoms with Gasteiger partial charge in [-0.2, -0.15) is 13.2 Å². The number of aromatic amines is 1. The molecule has 8 nitrogen and oxygen atoms in total. The van der Waals surface area contributed by atoms with Gasteiger partial charge in [0.1, 0.15) is 0 Å². The van der Waals surface area contributed by atoms with Crippen LogP contribution in [-0.4, -0.2) is 83.9 Å². The molecule has 0 unspecified atom stereocenters. The van der Waals surface area contributed by atoms with Gasteiger partial charge in [-0.1, -0.05) is 12.1 Å².